The zero-order valence-corrected chi connectivity index (χ0v) is 39.3. The molecule has 2 atom stereocenters. The maximum absolute atomic E-state index is 12.8. The summed E-state index contributed by atoms with van der Waals surface area (Å²) in [4.78, 5) is 32.7. The third-order valence-corrected chi connectivity index (χ3v) is 13.5. The summed E-state index contributed by atoms with van der Waals surface area (Å²) in [6, 6.07) is 0. The number of nitrogens with zero attached hydrogens (tertiary/aromatic N) is 3. The van der Waals surface area contributed by atoms with Crippen LogP contribution in [-0.2, 0) is 16.1 Å². The van der Waals surface area contributed by atoms with Crippen LogP contribution in [0.4, 0.5) is 0 Å². The molecular weight excluding hydrogens is 719 g/mol. The molecule has 0 fully saturated rings. The van der Waals surface area contributed by atoms with Crippen molar-refractivity contribution in [3.63, 3.8) is 0 Å². The predicted octanol–water partition coefficient (Wildman–Crippen LogP) is 15.4. The van der Waals surface area contributed by atoms with Gasteiger partial charge in [-0.3, -0.25) is 9.59 Å². The molecule has 0 saturated heterocycles. The van der Waals surface area contributed by atoms with Gasteiger partial charge in [0.1, 0.15) is 5.82 Å². The predicted molar refractivity (Wildman–Crippen MR) is 248 cm³/mol. The topological polar surface area (TPSA) is 95.7 Å². The highest BCUT2D eigenvalue weighted by Crippen LogP contribution is 2.39. The summed E-state index contributed by atoms with van der Waals surface area (Å²) in [7, 11) is 0. The lowest BCUT2D eigenvalue weighted by Crippen LogP contribution is -2.31. The Morgan fingerprint density at radius 3 is 1.09 bits per heavy atom. The van der Waals surface area contributed by atoms with E-state index in [1.54, 1.807) is 0 Å². The SMILES string of the molecule is CCCCCCCCC(CCCCCC)(CCCCCCN(CCCCCCC(CCCCCC)(CCCCCCCC)C(=O)O)CCCn1ccnc1C)C(=O)O. The Balaban J connectivity index is 2.70. The molecule has 0 aliphatic carbocycles. The molecule has 0 spiro atoms. The maximum Gasteiger partial charge on any atom is 0.309 e. The summed E-state index contributed by atoms with van der Waals surface area (Å²) in [6.07, 6.45) is 42.7. The van der Waals surface area contributed by atoms with Gasteiger partial charge in [0.25, 0.3) is 0 Å². The Morgan fingerprint density at radius 1 is 0.483 bits per heavy atom. The van der Waals surface area contributed by atoms with Gasteiger partial charge in [0.15, 0.2) is 0 Å². The van der Waals surface area contributed by atoms with Crippen molar-refractivity contribution in [2.75, 3.05) is 19.6 Å². The maximum atomic E-state index is 12.8. The van der Waals surface area contributed by atoms with E-state index in [1.165, 1.54) is 89.9 Å². The lowest BCUT2D eigenvalue weighted by molar-refractivity contribution is -0.151. The van der Waals surface area contributed by atoms with E-state index in [0.29, 0.717) is 0 Å². The largest absolute Gasteiger partial charge is 0.481 e. The number of aliphatic carboxylic acids is 2. The molecule has 0 amide bonds. The van der Waals surface area contributed by atoms with Crippen LogP contribution in [0.1, 0.15) is 258 Å². The lowest BCUT2D eigenvalue weighted by atomic mass is 9.74. The van der Waals surface area contributed by atoms with Gasteiger partial charge >= 0.3 is 11.9 Å². The van der Waals surface area contributed by atoms with Crippen LogP contribution >= 0.6 is 0 Å². The van der Waals surface area contributed by atoms with Crippen molar-refractivity contribution in [3.05, 3.63) is 18.2 Å². The van der Waals surface area contributed by atoms with Gasteiger partial charge in [0.05, 0.1) is 10.8 Å². The zero-order chi connectivity index (χ0) is 42.6. The van der Waals surface area contributed by atoms with Crippen molar-refractivity contribution in [1.29, 1.82) is 0 Å². The number of aryl methyl sites for hydroxylation is 2. The van der Waals surface area contributed by atoms with Crippen LogP contribution in [0, 0.1) is 17.8 Å². The van der Waals surface area contributed by atoms with Crippen LogP contribution in [0.3, 0.4) is 0 Å². The van der Waals surface area contributed by atoms with Crippen LogP contribution in [0.2, 0.25) is 0 Å². The number of hydrogen-bond acceptors (Lipinski definition) is 4. The minimum Gasteiger partial charge on any atom is -0.481 e. The van der Waals surface area contributed by atoms with Crippen LogP contribution in [0.25, 0.3) is 0 Å². The summed E-state index contributed by atoms with van der Waals surface area (Å²) in [5.74, 6) is -0.0179. The van der Waals surface area contributed by atoms with E-state index in [0.717, 1.165) is 167 Å². The lowest BCUT2D eigenvalue weighted by Gasteiger charge is -2.30. The van der Waals surface area contributed by atoms with Crippen LogP contribution < -0.4 is 0 Å². The van der Waals surface area contributed by atoms with Crippen molar-refractivity contribution >= 4 is 11.9 Å². The van der Waals surface area contributed by atoms with E-state index in [9.17, 15) is 19.8 Å². The van der Waals surface area contributed by atoms with Crippen LogP contribution in [0.5, 0.6) is 0 Å². The zero-order valence-electron chi connectivity index (χ0n) is 39.3. The molecule has 0 aliphatic rings. The van der Waals surface area contributed by atoms with Gasteiger partial charge < -0.3 is 19.7 Å². The van der Waals surface area contributed by atoms with Gasteiger partial charge in [-0.15, -0.1) is 0 Å². The Hall–Kier alpha value is -1.89. The Labute approximate surface area is 359 Å². The normalized spacial score (nSPS) is 13.9. The average Bonchev–Trinajstić information content (AvgIpc) is 3.62. The fraction of sp³-hybridized carbons (Fsp3) is 0.902. The number of aromatic nitrogens is 2. The second-order valence-corrected chi connectivity index (χ2v) is 18.5. The van der Waals surface area contributed by atoms with Gasteiger partial charge in [0, 0.05) is 18.9 Å². The van der Waals surface area contributed by atoms with E-state index in [1.807, 2.05) is 6.20 Å². The van der Waals surface area contributed by atoms with E-state index in [-0.39, 0.29) is 0 Å². The van der Waals surface area contributed by atoms with Crippen LogP contribution in [-0.4, -0.2) is 56.2 Å². The third kappa shape index (κ3) is 25.0. The highest BCUT2D eigenvalue weighted by atomic mass is 16.4. The molecule has 1 aromatic rings. The molecule has 340 valence electrons. The van der Waals surface area contributed by atoms with Crippen molar-refractivity contribution in [2.45, 2.75) is 266 Å². The van der Waals surface area contributed by atoms with Gasteiger partial charge in [-0.2, -0.15) is 0 Å². The Bertz CT molecular complexity index is 1050. The van der Waals surface area contributed by atoms with E-state index < -0.39 is 22.8 Å². The molecule has 1 rings (SSSR count). The molecule has 7 nitrogen and oxygen atoms in total. The standard InChI is InChI=1S/C51H97N3O4/c1-6-10-14-18-20-28-37-50(48(55)56,35-26-16-12-8-3)39-30-22-24-32-42-53(44-34-45-54-46-41-52-47(54)5)43-33-25-23-31-40-51(49(57)58,36-27-17-13-9-4)38-29-21-19-15-11-7-2/h41,46H,6-40,42-45H2,1-5H3,(H,55,56)(H,57,58). The molecule has 1 aromatic heterocycles. The highest BCUT2D eigenvalue weighted by Gasteiger charge is 2.37. The molecule has 0 bridgehead atoms. The van der Waals surface area contributed by atoms with Crippen molar-refractivity contribution in [1.82, 2.24) is 14.5 Å². The van der Waals surface area contributed by atoms with Gasteiger partial charge in [-0.25, -0.2) is 4.98 Å². The molecule has 1 heterocycles. The van der Waals surface area contributed by atoms with Crippen molar-refractivity contribution < 1.29 is 19.8 Å². The van der Waals surface area contributed by atoms with Gasteiger partial charge in [-0.1, -0.05) is 195 Å². The minimum absolute atomic E-state index is 0.538. The quantitative estimate of drug-likeness (QED) is 0.0637. The highest BCUT2D eigenvalue weighted by molar-refractivity contribution is 5.75. The summed E-state index contributed by atoms with van der Waals surface area (Å²) in [5, 5.41) is 21.1. The Kier molecular flexibility index (Phi) is 33.4. The summed E-state index contributed by atoms with van der Waals surface area (Å²) in [5.41, 5.74) is -1.08. The number of hydrogen-bond donors (Lipinski definition) is 2. The molecule has 2 unspecified atom stereocenters. The molecular formula is C51H97N3O4. The molecule has 2 N–H and O–H groups in total. The number of rotatable bonds is 44. The molecule has 0 aliphatic heterocycles. The van der Waals surface area contributed by atoms with Crippen molar-refractivity contribution in [3.8, 4) is 0 Å². The molecule has 0 radical (unpaired) electrons. The molecule has 7 heteroatoms. The summed E-state index contributed by atoms with van der Waals surface area (Å²) in [6.45, 7) is 15.3. The number of carboxylic acids is 2. The number of carbonyl (C=O) groups is 2. The first kappa shape index (κ1) is 54.1. The second-order valence-electron chi connectivity index (χ2n) is 18.5. The molecule has 0 aromatic carbocycles. The first-order chi connectivity index (χ1) is 28.2. The number of carboxylic acid groups (broad SMARTS) is 2. The summed E-state index contributed by atoms with van der Waals surface area (Å²) >= 11 is 0. The summed E-state index contributed by atoms with van der Waals surface area (Å²) < 4.78 is 2.25. The minimum atomic E-state index is -0.546. The smallest absolute Gasteiger partial charge is 0.309 e. The fourth-order valence-corrected chi connectivity index (χ4v) is 9.40. The second kappa shape index (κ2) is 35.8. The van der Waals surface area contributed by atoms with E-state index >= 15 is 0 Å². The average molecular weight is 816 g/mol. The Morgan fingerprint density at radius 2 is 0.776 bits per heavy atom. The monoisotopic (exact) mass is 816 g/mol. The molecule has 0 saturated carbocycles. The molecule has 58 heavy (non-hydrogen) atoms. The van der Waals surface area contributed by atoms with Crippen molar-refractivity contribution in [2.24, 2.45) is 10.8 Å². The fourth-order valence-electron chi connectivity index (χ4n) is 9.40. The number of imidazole rings is 1. The first-order valence-electron chi connectivity index (χ1n) is 25.4. The third-order valence-electron chi connectivity index (χ3n) is 13.5. The number of unbranched alkanes of at least 4 members (excludes halogenated alkanes) is 22. The van der Waals surface area contributed by atoms with E-state index in [2.05, 4.69) is 55.3 Å². The first-order valence-corrected chi connectivity index (χ1v) is 25.4. The van der Waals surface area contributed by atoms with Gasteiger partial charge in [-0.05, 0) is 84.3 Å². The van der Waals surface area contributed by atoms with Gasteiger partial charge in [0.2, 0.25) is 0 Å². The van der Waals surface area contributed by atoms with Crippen LogP contribution in [0.15, 0.2) is 12.4 Å². The van der Waals surface area contributed by atoms with E-state index in [4.69, 9.17) is 0 Å².